The molecule has 0 saturated heterocycles. The molecule has 0 spiro atoms. The molecule has 108 valence electrons. The van der Waals surface area contributed by atoms with Gasteiger partial charge in [-0.3, -0.25) is 4.79 Å². The number of halogens is 2. The number of anilines is 1. The largest absolute Gasteiger partial charge is 0.586 e. The normalized spacial score (nSPS) is 14.8. The van der Waals surface area contributed by atoms with Gasteiger partial charge in [0.1, 0.15) is 5.75 Å². The van der Waals surface area contributed by atoms with Crippen molar-refractivity contribution in [1.29, 1.82) is 0 Å². The molecule has 0 saturated carbocycles. The van der Waals surface area contributed by atoms with E-state index in [1.54, 1.807) is 0 Å². The molecular formula is C14H9F2NO4. The lowest BCUT2D eigenvalue weighted by molar-refractivity contribution is -0.286. The summed E-state index contributed by atoms with van der Waals surface area (Å²) in [6.07, 6.45) is -3.69. The lowest BCUT2D eigenvalue weighted by Gasteiger charge is -2.06. The maximum atomic E-state index is 12.9. The van der Waals surface area contributed by atoms with E-state index in [9.17, 15) is 13.6 Å². The van der Waals surface area contributed by atoms with E-state index in [0.717, 1.165) is 0 Å². The Labute approximate surface area is 117 Å². The number of benzene rings is 2. The van der Waals surface area contributed by atoms with Crippen molar-refractivity contribution in [2.24, 2.45) is 0 Å². The summed E-state index contributed by atoms with van der Waals surface area (Å²) in [5, 5.41) is 11.7. The molecule has 0 bridgehead atoms. The van der Waals surface area contributed by atoms with Crippen molar-refractivity contribution < 1.29 is 28.2 Å². The van der Waals surface area contributed by atoms with E-state index in [-0.39, 0.29) is 22.9 Å². The van der Waals surface area contributed by atoms with Crippen molar-refractivity contribution in [3.8, 4) is 17.2 Å². The second-order valence-electron chi connectivity index (χ2n) is 4.33. The second-order valence-corrected chi connectivity index (χ2v) is 4.33. The van der Waals surface area contributed by atoms with Crippen LogP contribution in [0.3, 0.4) is 0 Å². The molecule has 0 atom stereocenters. The lowest BCUT2D eigenvalue weighted by atomic mass is 10.2. The summed E-state index contributed by atoms with van der Waals surface area (Å²) in [5.74, 6) is -0.649. The van der Waals surface area contributed by atoms with Gasteiger partial charge in [-0.05, 0) is 36.4 Å². The summed E-state index contributed by atoms with van der Waals surface area (Å²) in [6.45, 7) is 0. The number of fused-ring (bicyclic) bond motifs is 1. The molecule has 0 unspecified atom stereocenters. The van der Waals surface area contributed by atoms with Crippen molar-refractivity contribution in [2.75, 3.05) is 5.32 Å². The zero-order valence-corrected chi connectivity index (χ0v) is 10.5. The predicted octanol–water partition coefficient (Wildman–Crippen LogP) is 2.97. The van der Waals surface area contributed by atoms with E-state index in [4.69, 9.17) is 5.11 Å². The summed E-state index contributed by atoms with van der Waals surface area (Å²) >= 11 is 0. The number of phenols is 1. The van der Waals surface area contributed by atoms with E-state index in [2.05, 4.69) is 14.8 Å². The molecule has 2 aromatic rings. The minimum Gasteiger partial charge on any atom is -0.508 e. The van der Waals surface area contributed by atoms with Gasteiger partial charge >= 0.3 is 6.29 Å². The van der Waals surface area contributed by atoms with Gasteiger partial charge in [0, 0.05) is 17.3 Å². The van der Waals surface area contributed by atoms with Crippen molar-refractivity contribution >= 4 is 11.6 Å². The van der Waals surface area contributed by atoms with Crippen LogP contribution in [0.4, 0.5) is 14.5 Å². The predicted molar refractivity (Wildman–Crippen MR) is 68.7 cm³/mol. The van der Waals surface area contributed by atoms with Crippen LogP contribution in [0.2, 0.25) is 0 Å². The molecule has 5 nitrogen and oxygen atoms in total. The fraction of sp³-hybridized carbons (Fsp3) is 0.0714. The maximum Gasteiger partial charge on any atom is 0.586 e. The number of carbonyl (C=O) groups is 1. The highest BCUT2D eigenvalue weighted by atomic mass is 19.3. The third-order valence-electron chi connectivity index (χ3n) is 2.79. The number of aromatic hydroxyl groups is 1. The number of hydrogen-bond donors (Lipinski definition) is 2. The van der Waals surface area contributed by atoms with Gasteiger partial charge in [-0.1, -0.05) is 0 Å². The Morgan fingerprint density at radius 2 is 1.71 bits per heavy atom. The molecule has 2 N–H and O–H groups in total. The summed E-state index contributed by atoms with van der Waals surface area (Å²) in [7, 11) is 0. The molecule has 1 aliphatic rings. The van der Waals surface area contributed by atoms with E-state index in [1.807, 2.05) is 0 Å². The standard InChI is InChI=1S/C14H9F2NO4/c15-14(16)20-11-6-3-9(7-12(11)21-14)17-13(19)8-1-4-10(18)5-2-8/h1-7,18H,(H,17,19). The number of amides is 1. The zero-order valence-electron chi connectivity index (χ0n) is 10.5. The molecule has 0 aromatic heterocycles. The minimum absolute atomic E-state index is 0.0388. The van der Waals surface area contributed by atoms with Gasteiger partial charge in [0.15, 0.2) is 11.5 Å². The van der Waals surface area contributed by atoms with Crippen molar-refractivity contribution in [3.05, 3.63) is 48.0 Å². The van der Waals surface area contributed by atoms with E-state index < -0.39 is 12.2 Å². The van der Waals surface area contributed by atoms with E-state index >= 15 is 0 Å². The number of nitrogens with one attached hydrogen (secondary N) is 1. The van der Waals surface area contributed by atoms with Crippen LogP contribution in [-0.4, -0.2) is 17.3 Å². The first-order valence-corrected chi connectivity index (χ1v) is 5.93. The first-order valence-electron chi connectivity index (χ1n) is 5.93. The van der Waals surface area contributed by atoms with Gasteiger partial charge in [0.2, 0.25) is 0 Å². The van der Waals surface area contributed by atoms with Crippen molar-refractivity contribution in [2.45, 2.75) is 6.29 Å². The summed E-state index contributed by atoms with van der Waals surface area (Å²) < 4.78 is 34.3. The third kappa shape index (κ3) is 2.71. The van der Waals surface area contributed by atoms with Crippen molar-refractivity contribution in [3.63, 3.8) is 0 Å². The topological polar surface area (TPSA) is 67.8 Å². The number of hydrogen-bond acceptors (Lipinski definition) is 4. The number of alkyl halides is 2. The lowest BCUT2D eigenvalue weighted by Crippen LogP contribution is -2.25. The molecule has 3 rings (SSSR count). The first-order chi connectivity index (χ1) is 9.93. The van der Waals surface area contributed by atoms with Gasteiger partial charge in [-0.25, -0.2) is 0 Å². The quantitative estimate of drug-likeness (QED) is 0.893. The van der Waals surface area contributed by atoms with Crippen LogP contribution in [-0.2, 0) is 0 Å². The number of ether oxygens (including phenoxy) is 2. The number of phenolic OH excluding ortho intramolecular Hbond substituents is 1. The first kappa shape index (κ1) is 13.2. The molecule has 0 fully saturated rings. The fourth-order valence-electron chi connectivity index (χ4n) is 1.84. The number of rotatable bonds is 2. The molecule has 2 aromatic carbocycles. The molecular weight excluding hydrogens is 284 g/mol. The Kier molecular flexibility index (Phi) is 2.90. The average molecular weight is 293 g/mol. The monoisotopic (exact) mass is 293 g/mol. The van der Waals surface area contributed by atoms with Crippen LogP contribution in [0.1, 0.15) is 10.4 Å². The van der Waals surface area contributed by atoms with Gasteiger partial charge < -0.3 is 19.9 Å². The summed E-state index contributed by atoms with van der Waals surface area (Å²) in [4.78, 5) is 11.9. The SMILES string of the molecule is O=C(Nc1ccc2c(c1)OC(F)(F)O2)c1ccc(O)cc1. The molecule has 0 radical (unpaired) electrons. The minimum atomic E-state index is -3.69. The summed E-state index contributed by atoms with van der Waals surface area (Å²) in [5.41, 5.74) is 0.601. The molecule has 0 aliphatic carbocycles. The van der Waals surface area contributed by atoms with Crippen LogP contribution in [0.25, 0.3) is 0 Å². The smallest absolute Gasteiger partial charge is 0.508 e. The van der Waals surface area contributed by atoms with Crippen LogP contribution in [0.15, 0.2) is 42.5 Å². The Bertz CT molecular complexity index is 701. The van der Waals surface area contributed by atoms with E-state index in [0.29, 0.717) is 5.56 Å². The van der Waals surface area contributed by atoms with Crippen LogP contribution in [0, 0.1) is 0 Å². The fourth-order valence-corrected chi connectivity index (χ4v) is 1.84. The Hall–Kier alpha value is -2.83. The van der Waals surface area contributed by atoms with Gasteiger partial charge in [0.05, 0.1) is 0 Å². The number of carbonyl (C=O) groups excluding carboxylic acids is 1. The molecule has 1 heterocycles. The molecule has 1 amide bonds. The molecule has 7 heteroatoms. The Balaban J connectivity index is 1.77. The highest BCUT2D eigenvalue weighted by Gasteiger charge is 2.43. The highest BCUT2D eigenvalue weighted by molar-refractivity contribution is 6.04. The maximum absolute atomic E-state index is 12.9. The third-order valence-corrected chi connectivity index (χ3v) is 2.79. The summed E-state index contributed by atoms with van der Waals surface area (Å²) in [6, 6.07) is 9.56. The van der Waals surface area contributed by atoms with Gasteiger partial charge in [-0.2, -0.15) is 0 Å². The Morgan fingerprint density at radius 3 is 2.43 bits per heavy atom. The highest BCUT2D eigenvalue weighted by Crippen LogP contribution is 2.42. The average Bonchev–Trinajstić information content (AvgIpc) is 2.72. The van der Waals surface area contributed by atoms with Gasteiger partial charge in [-0.15, -0.1) is 8.78 Å². The second kappa shape index (κ2) is 4.62. The van der Waals surface area contributed by atoms with Gasteiger partial charge in [0.25, 0.3) is 5.91 Å². The van der Waals surface area contributed by atoms with E-state index in [1.165, 1.54) is 42.5 Å². The molecule has 21 heavy (non-hydrogen) atoms. The zero-order chi connectivity index (χ0) is 15.0. The van der Waals surface area contributed by atoms with Crippen LogP contribution < -0.4 is 14.8 Å². The van der Waals surface area contributed by atoms with Crippen LogP contribution >= 0.6 is 0 Å². The Morgan fingerprint density at radius 1 is 1.05 bits per heavy atom. The van der Waals surface area contributed by atoms with Crippen molar-refractivity contribution in [1.82, 2.24) is 0 Å². The van der Waals surface area contributed by atoms with Crippen LogP contribution in [0.5, 0.6) is 17.2 Å². The molecule has 1 aliphatic heterocycles.